The normalized spacial score (nSPS) is 21.5. The van der Waals surface area contributed by atoms with Gasteiger partial charge in [0.2, 0.25) is 5.91 Å². The molecule has 1 N–H and O–H groups in total. The molecule has 1 aromatic rings. The van der Waals surface area contributed by atoms with Gasteiger partial charge in [-0.05, 0) is 18.9 Å². The molecule has 3 heteroatoms. The summed E-state index contributed by atoms with van der Waals surface area (Å²) >= 11 is 0. The lowest BCUT2D eigenvalue weighted by Gasteiger charge is -2.21. The molecule has 1 amide bonds. The van der Waals surface area contributed by atoms with Gasteiger partial charge in [-0.15, -0.1) is 0 Å². The summed E-state index contributed by atoms with van der Waals surface area (Å²) in [6.07, 6.45) is 0.920. The van der Waals surface area contributed by atoms with E-state index in [9.17, 15) is 4.79 Å². The summed E-state index contributed by atoms with van der Waals surface area (Å²) in [5.41, 5.74) is 1.06. The van der Waals surface area contributed by atoms with Crippen LogP contribution in [0.2, 0.25) is 0 Å². The number of hydrogen-bond donors (Lipinski definition) is 1. The van der Waals surface area contributed by atoms with Crippen molar-refractivity contribution >= 4 is 5.91 Å². The lowest BCUT2D eigenvalue weighted by molar-refractivity contribution is -0.131. The summed E-state index contributed by atoms with van der Waals surface area (Å²) < 4.78 is 0. The Kier molecular flexibility index (Phi) is 3.79. The van der Waals surface area contributed by atoms with Gasteiger partial charge in [-0.25, -0.2) is 0 Å². The molecule has 0 unspecified atom stereocenters. The van der Waals surface area contributed by atoms with E-state index in [4.69, 9.17) is 5.11 Å². The second-order valence-electron chi connectivity index (χ2n) is 4.75. The average Bonchev–Trinajstić information content (AvgIpc) is 2.87. The predicted octanol–water partition coefficient (Wildman–Crippen LogP) is 1.63. The van der Waals surface area contributed by atoms with Gasteiger partial charge in [0.25, 0.3) is 0 Å². The van der Waals surface area contributed by atoms with Gasteiger partial charge < -0.3 is 10.0 Å². The minimum atomic E-state index is -0.0892. The van der Waals surface area contributed by atoms with Crippen LogP contribution in [0.25, 0.3) is 0 Å². The first-order chi connectivity index (χ1) is 8.22. The highest BCUT2D eigenvalue weighted by Gasteiger charge is 2.28. The SMILES string of the molecule is C[C@H](C(=O)N1CC[C@@H](CO)C1)c1ccccc1. The molecule has 1 saturated heterocycles. The minimum absolute atomic E-state index is 0.0892. The fourth-order valence-electron chi connectivity index (χ4n) is 2.34. The molecule has 2 rings (SSSR count). The molecule has 0 aromatic heterocycles. The van der Waals surface area contributed by atoms with Crippen LogP contribution < -0.4 is 0 Å². The van der Waals surface area contributed by atoms with Crippen LogP contribution in [0.3, 0.4) is 0 Å². The highest BCUT2D eigenvalue weighted by Crippen LogP contribution is 2.22. The van der Waals surface area contributed by atoms with Gasteiger partial charge in [0, 0.05) is 25.6 Å². The maximum absolute atomic E-state index is 12.3. The van der Waals surface area contributed by atoms with Crippen molar-refractivity contribution in [3.63, 3.8) is 0 Å². The Morgan fingerprint density at radius 2 is 2.18 bits per heavy atom. The highest BCUT2D eigenvalue weighted by molar-refractivity contribution is 5.83. The Hall–Kier alpha value is -1.35. The van der Waals surface area contributed by atoms with Crippen LogP contribution in [0.5, 0.6) is 0 Å². The molecule has 0 radical (unpaired) electrons. The average molecular weight is 233 g/mol. The number of aliphatic hydroxyl groups is 1. The van der Waals surface area contributed by atoms with Gasteiger partial charge in [-0.1, -0.05) is 30.3 Å². The lowest BCUT2D eigenvalue weighted by atomic mass is 10.00. The fourth-order valence-corrected chi connectivity index (χ4v) is 2.34. The Bertz CT molecular complexity index is 377. The monoisotopic (exact) mass is 233 g/mol. The van der Waals surface area contributed by atoms with E-state index < -0.39 is 0 Å². The first-order valence-corrected chi connectivity index (χ1v) is 6.17. The van der Waals surface area contributed by atoms with Crippen molar-refractivity contribution in [2.45, 2.75) is 19.3 Å². The number of amides is 1. The second-order valence-corrected chi connectivity index (χ2v) is 4.75. The van der Waals surface area contributed by atoms with E-state index in [2.05, 4.69) is 0 Å². The molecule has 17 heavy (non-hydrogen) atoms. The molecule has 92 valence electrons. The zero-order valence-electron chi connectivity index (χ0n) is 10.2. The van der Waals surface area contributed by atoms with Crippen molar-refractivity contribution in [2.24, 2.45) is 5.92 Å². The molecular formula is C14H19NO2. The van der Waals surface area contributed by atoms with Crippen LogP contribution in [-0.2, 0) is 4.79 Å². The van der Waals surface area contributed by atoms with Crippen LogP contribution in [0.4, 0.5) is 0 Å². The number of aliphatic hydroxyl groups excluding tert-OH is 1. The molecular weight excluding hydrogens is 214 g/mol. The topological polar surface area (TPSA) is 40.5 Å². The van der Waals surface area contributed by atoms with Crippen LogP contribution in [0.1, 0.15) is 24.8 Å². The molecule has 1 fully saturated rings. The molecule has 0 aliphatic carbocycles. The first kappa shape index (κ1) is 12.1. The molecule has 2 atom stereocenters. The Labute approximate surface area is 102 Å². The molecule has 3 nitrogen and oxygen atoms in total. The summed E-state index contributed by atoms with van der Waals surface area (Å²) in [5.74, 6) is 0.350. The van der Waals surface area contributed by atoms with Gasteiger partial charge in [0.05, 0.1) is 5.92 Å². The molecule has 0 bridgehead atoms. The van der Waals surface area contributed by atoms with Crippen molar-refractivity contribution in [1.29, 1.82) is 0 Å². The van der Waals surface area contributed by atoms with Gasteiger partial charge in [-0.3, -0.25) is 4.79 Å². The third kappa shape index (κ3) is 2.67. The van der Waals surface area contributed by atoms with Crippen molar-refractivity contribution in [1.82, 2.24) is 4.90 Å². The number of rotatable bonds is 3. The number of carbonyl (C=O) groups excluding carboxylic acids is 1. The van der Waals surface area contributed by atoms with Crippen LogP contribution in [0, 0.1) is 5.92 Å². The van der Waals surface area contributed by atoms with E-state index in [1.807, 2.05) is 42.2 Å². The van der Waals surface area contributed by atoms with Gasteiger partial charge >= 0.3 is 0 Å². The summed E-state index contributed by atoms with van der Waals surface area (Å²) in [4.78, 5) is 14.1. The summed E-state index contributed by atoms with van der Waals surface area (Å²) in [7, 11) is 0. The van der Waals surface area contributed by atoms with Crippen molar-refractivity contribution in [3.8, 4) is 0 Å². The minimum Gasteiger partial charge on any atom is -0.396 e. The second kappa shape index (κ2) is 5.32. The Morgan fingerprint density at radius 3 is 2.76 bits per heavy atom. The summed E-state index contributed by atoms with van der Waals surface area (Å²) in [5, 5.41) is 9.08. The first-order valence-electron chi connectivity index (χ1n) is 6.17. The van der Waals surface area contributed by atoms with Gasteiger partial charge in [-0.2, -0.15) is 0 Å². The maximum atomic E-state index is 12.3. The highest BCUT2D eigenvalue weighted by atomic mass is 16.3. The quantitative estimate of drug-likeness (QED) is 0.862. The number of nitrogens with zero attached hydrogens (tertiary/aromatic N) is 1. The lowest BCUT2D eigenvalue weighted by Crippen LogP contribution is -2.32. The van der Waals surface area contributed by atoms with Gasteiger partial charge in [0.15, 0.2) is 0 Å². The van der Waals surface area contributed by atoms with Crippen LogP contribution in [-0.4, -0.2) is 35.6 Å². The number of hydrogen-bond acceptors (Lipinski definition) is 2. The van der Waals surface area contributed by atoms with E-state index in [0.717, 1.165) is 18.5 Å². The van der Waals surface area contributed by atoms with E-state index in [0.29, 0.717) is 6.54 Å². The van der Waals surface area contributed by atoms with Crippen molar-refractivity contribution in [2.75, 3.05) is 19.7 Å². The standard InChI is InChI=1S/C14H19NO2/c1-11(13-5-3-2-4-6-13)14(17)15-8-7-12(9-15)10-16/h2-6,11-12,16H,7-10H2,1H3/t11-,12+/m0/s1. The van der Waals surface area contributed by atoms with E-state index in [1.165, 1.54) is 0 Å². The largest absolute Gasteiger partial charge is 0.396 e. The Morgan fingerprint density at radius 1 is 1.47 bits per heavy atom. The summed E-state index contributed by atoms with van der Waals surface area (Å²) in [6, 6.07) is 9.85. The number of carbonyl (C=O) groups is 1. The maximum Gasteiger partial charge on any atom is 0.229 e. The molecule has 1 aliphatic heterocycles. The third-order valence-electron chi connectivity index (χ3n) is 3.53. The molecule has 1 aliphatic rings. The zero-order chi connectivity index (χ0) is 12.3. The predicted molar refractivity (Wildman–Crippen MR) is 66.6 cm³/mol. The smallest absolute Gasteiger partial charge is 0.229 e. The molecule has 0 spiro atoms. The third-order valence-corrected chi connectivity index (χ3v) is 3.53. The van der Waals surface area contributed by atoms with Gasteiger partial charge in [0.1, 0.15) is 0 Å². The molecule has 0 saturated carbocycles. The Balaban J connectivity index is 2.01. The van der Waals surface area contributed by atoms with E-state index in [-0.39, 0.29) is 24.3 Å². The fraction of sp³-hybridized carbons (Fsp3) is 0.500. The number of likely N-dealkylation sites (tertiary alicyclic amines) is 1. The zero-order valence-corrected chi connectivity index (χ0v) is 10.2. The van der Waals surface area contributed by atoms with Crippen molar-refractivity contribution < 1.29 is 9.90 Å². The summed E-state index contributed by atoms with van der Waals surface area (Å²) in [6.45, 7) is 3.61. The molecule has 1 aromatic carbocycles. The van der Waals surface area contributed by atoms with Crippen molar-refractivity contribution in [3.05, 3.63) is 35.9 Å². The van der Waals surface area contributed by atoms with E-state index in [1.54, 1.807) is 0 Å². The van der Waals surface area contributed by atoms with Crippen LogP contribution >= 0.6 is 0 Å². The van der Waals surface area contributed by atoms with Crippen LogP contribution in [0.15, 0.2) is 30.3 Å². The molecule has 1 heterocycles. The van der Waals surface area contributed by atoms with E-state index >= 15 is 0 Å². The number of benzene rings is 1.